The Bertz CT molecular complexity index is 338. The quantitative estimate of drug-likeness (QED) is 0.226. The molecule has 0 aromatic heterocycles. The second-order valence-corrected chi connectivity index (χ2v) is 7.19. The maximum absolute atomic E-state index is 5.70. The van der Waals surface area contributed by atoms with Crippen molar-refractivity contribution in [2.45, 2.75) is 59.0 Å². The van der Waals surface area contributed by atoms with Crippen LogP contribution < -0.4 is 5.32 Å². The number of aliphatic imine (C=N–C) groups is 1. The van der Waals surface area contributed by atoms with E-state index in [4.69, 9.17) is 4.74 Å². The molecule has 6 heteroatoms. The molecular formula is C18H39IN4O. The van der Waals surface area contributed by atoms with Gasteiger partial charge in [0.05, 0.1) is 6.61 Å². The number of nitrogens with zero attached hydrogens (tertiary/aromatic N) is 3. The molecule has 1 N–H and O–H groups in total. The summed E-state index contributed by atoms with van der Waals surface area (Å²) < 4.78 is 5.70. The molecule has 1 saturated carbocycles. The molecule has 0 aromatic carbocycles. The predicted octanol–water partition coefficient (Wildman–Crippen LogP) is 3.05. The van der Waals surface area contributed by atoms with Gasteiger partial charge in [0.15, 0.2) is 5.96 Å². The molecule has 1 aliphatic rings. The van der Waals surface area contributed by atoms with E-state index in [0.717, 1.165) is 51.1 Å². The SMILES string of the molecule is CN=C(NCCCN(C(C)C)C(C)C)N(C)CCOCC1CC1.I. The van der Waals surface area contributed by atoms with E-state index in [1.54, 1.807) is 0 Å². The first-order valence-electron chi connectivity index (χ1n) is 9.21. The lowest BCUT2D eigenvalue weighted by Gasteiger charge is -2.30. The molecule has 0 bridgehead atoms. The van der Waals surface area contributed by atoms with E-state index in [0.29, 0.717) is 12.1 Å². The Kier molecular flexibility index (Phi) is 13.1. The molecule has 0 atom stereocenters. The maximum atomic E-state index is 5.70. The van der Waals surface area contributed by atoms with Crippen LogP contribution in [0, 0.1) is 5.92 Å². The van der Waals surface area contributed by atoms with Crippen LogP contribution in [0.5, 0.6) is 0 Å². The average molecular weight is 454 g/mol. The van der Waals surface area contributed by atoms with Gasteiger partial charge in [-0.15, -0.1) is 24.0 Å². The molecule has 0 spiro atoms. The first-order chi connectivity index (χ1) is 11.0. The van der Waals surface area contributed by atoms with Gasteiger partial charge in [0.25, 0.3) is 0 Å². The maximum Gasteiger partial charge on any atom is 0.193 e. The molecule has 0 aromatic rings. The normalized spacial score (nSPS) is 15.1. The largest absolute Gasteiger partial charge is 0.379 e. The molecule has 0 aliphatic heterocycles. The van der Waals surface area contributed by atoms with Gasteiger partial charge in [-0.3, -0.25) is 9.89 Å². The fourth-order valence-corrected chi connectivity index (χ4v) is 2.80. The Morgan fingerprint density at radius 1 is 1.17 bits per heavy atom. The standard InChI is InChI=1S/C18H38N4O.HI/c1-15(2)22(16(3)4)11-7-10-20-18(19-5)21(6)12-13-23-14-17-8-9-17;/h15-17H,7-14H2,1-6H3,(H,19,20);1H. The van der Waals surface area contributed by atoms with Gasteiger partial charge < -0.3 is 15.0 Å². The molecule has 0 saturated heterocycles. The van der Waals surface area contributed by atoms with Crippen molar-refractivity contribution in [1.29, 1.82) is 0 Å². The molecule has 0 heterocycles. The molecule has 1 rings (SSSR count). The highest BCUT2D eigenvalue weighted by atomic mass is 127. The van der Waals surface area contributed by atoms with Crippen molar-refractivity contribution in [3.05, 3.63) is 0 Å². The van der Waals surface area contributed by atoms with Gasteiger partial charge in [0.2, 0.25) is 0 Å². The summed E-state index contributed by atoms with van der Waals surface area (Å²) in [4.78, 5) is 9.04. The summed E-state index contributed by atoms with van der Waals surface area (Å²) in [6.07, 6.45) is 3.83. The average Bonchev–Trinajstić information content (AvgIpc) is 3.30. The molecule has 1 aliphatic carbocycles. The van der Waals surface area contributed by atoms with Crippen molar-refractivity contribution in [3.63, 3.8) is 0 Å². The highest BCUT2D eigenvalue weighted by Crippen LogP contribution is 2.28. The second-order valence-electron chi connectivity index (χ2n) is 7.19. The van der Waals surface area contributed by atoms with Gasteiger partial charge in [-0.2, -0.15) is 0 Å². The Morgan fingerprint density at radius 2 is 1.79 bits per heavy atom. The minimum Gasteiger partial charge on any atom is -0.379 e. The van der Waals surface area contributed by atoms with E-state index >= 15 is 0 Å². The van der Waals surface area contributed by atoms with E-state index in [2.05, 4.69) is 54.9 Å². The summed E-state index contributed by atoms with van der Waals surface area (Å²) in [6, 6.07) is 1.20. The van der Waals surface area contributed by atoms with Crippen LogP contribution in [-0.4, -0.2) is 74.8 Å². The van der Waals surface area contributed by atoms with Gasteiger partial charge >= 0.3 is 0 Å². The minimum absolute atomic E-state index is 0. The second kappa shape index (κ2) is 13.2. The number of halogens is 1. The van der Waals surface area contributed by atoms with E-state index in [-0.39, 0.29) is 24.0 Å². The first-order valence-corrected chi connectivity index (χ1v) is 9.21. The van der Waals surface area contributed by atoms with Gasteiger partial charge in [0, 0.05) is 52.4 Å². The summed E-state index contributed by atoms with van der Waals surface area (Å²) in [5.74, 6) is 1.79. The third-order valence-corrected chi connectivity index (χ3v) is 4.40. The van der Waals surface area contributed by atoms with Crippen molar-refractivity contribution in [1.82, 2.24) is 15.1 Å². The van der Waals surface area contributed by atoms with Crippen LogP contribution in [0.25, 0.3) is 0 Å². The first kappa shape index (κ1) is 23.9. The van der Waals surface area contributed by atoms with Crippen molar-refractivity contribution < 1.29 is 4.74 Å². The van der Waals surface area contributed by atoms with Crippen LogP contribution in [-0.2, 0) is 4.74 Å². The lowest BCUT2D eigenvalue weighted by molar-refractivity contribution is 0.115. The van der Waals surface area contributed by atoms with E-state index < -0.39 is 0 Å². The summed E-state index contributed by atoms with van der Waals surface area (Å²) in [6.45, 7) is 13.7. The fourth-order valence-electron chi connectivity index (χ4n) is 2.80. The van der Waals surface area contributed by atoms with Crippen molar-refractivity contribution in [2.75, 3.05) is 46.9 Å². The Morgan fingerprint density at radius 3 is 2.29 bits per heavy atom. The number of guanidine groups is 1. The summed E-state index contributed by atoms with van der Waals surface area (Å²) in [5, 5.41) is 3.46. The molecule has 0 amide bonds. The molecule has 0 radical (unpaired) electrons. The number of hydrogen-bond donors (Lipinski definition) is 1. The van der Waals surface area contributed by atoms with Crippen molar-refractivity contribution in [2.24, 2.45) is 10.9 Å². The van der Waals surface area contributed by atoms with Crippen LogP contribution >= 0.6 is 24.0 Å². The van der Waals surface area contributed by atoms with Crippen molar-refractivity contribution >= 4 is 29.9 Å². The lowest BCUT2D eigenvalue weighted by atomic mass is 10.2. The molecule has 24 heavy (non-hydrogen) atoms. The van der Waals surface area contributed by atoms with E-state index in [9.17, 15) is 0 Å². The smallest absolute Gasteiger partial charge is 0.193 e. The third kappa shape index (κ3) is 10.0. The van der Waals surface area contributed by atoms with Crippen LogP contribution in [0.4, 0.5) is 0 Å². The van der Waals surface area contributed by atoms with E-state index in [1.165, 1.54) is 12.8 Å². The monoisotopic (exact) mass is 454 g/mol. The van der Waals surface area contributed by atoms with Gasteiger partial charge in [-0.05, 0) is 52.9 Å². The Balaban J connectivity index is 0.00000529. The molecule has 1 fully saturated rings. The number of ether oxygens (including phenoxy) is 1. The molecule has 0 unspecified atom stereocenters. The highest BCUT2D eigenvalue weighted by Gasteiger charge is 2.21. The number of nitrogens with one attached hydrogen (secondary N) is 1. The molecular weight excluding hydrogens is 415 g/mol. The topological polar surface area (TPSA) is 40.1 Å². The lowest BCUT2D eigenvalue weighted by Crippen LogP contribution is -2.42. The Hall–Kier alpha value is -0.0800. The Labute approximate surface area is 166 Å². The minimum atomic E-state index is 0. The van der Waals surface area contributed by atoms with E-state index in [1.807, 2.05) is 7.05 Å². The zero-order chi connectivity index (χ0) is 17.2. The summed E-state index contributed by atoms with van der Waals surface area (Å²) in [7, 11) is 3.92. The highest BCUT2D eigenvalue weighted by molar-refractivity contribution is 14.0. The third-order valence-electron chi connectivity index (χ3n) is 4.40. The number of hydrogen-bond acceptors (Lipinski definition) is 3. The number of likely N-dealkylation sites (N-methyl/N-ethyl adjacent to an activating group) is 1. The number of rotatable bonds is 11. The zero-order valence-electron chi connectivity index (χ0n) is 16.5. The molecule has 5 nitrogen and oxygen atoms in total. The van der Waals surface area contributed by atoms with Crippen LogP contribution in [0.2, 0.25) is 0 Å². The van der Waals surface area contributed by atoms with Crippen molar-refractivity contribution in [3.8, 4) is 0 Å². The van der Waals surface area contributed by atoms with Gasteiger partial charge in [0.1, 0.15) is 0 Å². The summed E-state index contributed by atoms with van der Waals surface area (Å²) >= 11 is 0. The summed E-state index contributed by atoms with van der Waals surface area (Å²) in [5.41, 5.74) is 0. The fraction of sp³-hybridized carbons (Fsp3) is 0.944. The van der Waals surface area contributed by atoms with Crippen LogP contribution in [0.1, 0.15) is 47.0 Å². The predicted molar refractivity (Wildman–Crippen MR) is 115 cm³/mol. The zero-order valence-corrected chi connectivity index (χ0v) is 18.9. The van der Waals surface area contributed by atoms with Crippen LogP contribution in [0.3, 0.4) is 0 Å². The van der Waals surface area contributed by atoms with Crippen LogP contribution in [0.15, 0.2) is 4.99 Å². The molecule has 144 valence electrons. The van der Waals surface area contributed by atoms with Gasteiger partial charge in [-0.1, -0.05) is 0 Å². The van der Waals surface area contributed by atoms with Gasteiger partial charge in [-0.25, -0.2) is 0 Å².